The standard InChI is InChI=1S/C47H33NO/c1-47(2)43-26-32(21-24-38(43)40-25-20-31-11-4-6-14-36(31)45(40)47)29-18-22-33(23-19-29)48-34-27-41(37-16-9-12-30-10-3-5-13-35(30)37)46-42(28-34)39-15-7-8-17-44(39)49-46/h3-28,48H,1-2H3. The van der Waals surface area contributed by atoms with Crippen LogP contribution < -0.4 is 5.32 Å². The molecule has 0 saturated carbocycles. The monoisotopic (exact) mass is 627 g/mol. The van der Waals surface area contributed by atoms with Crippen molar-refractivity contribution >= 4 is 54.9 Å². The largest absolute Gasteiger partial charge is 0.455 e. The second kappa shape index (κ2) is 10.4. The van der Waals surface area contributed by atoms with E-state index in [1.807, 2.05) is 6.07 Å². The Kier molecular flexibility index (Phi) is 5.95. The van der Waals surface area contributed by atoms with Crippen LogP contribution in [0, 0.1) is 0 Å². The molecule has 2 nitrogen and oxygen atoms in total. The zero-order chi connectivity index (χ0) is 32.7. The summed E-state index contributed by atoms with van der Waals surface area (Å²) >= 11 is 0. The van der Waals surface area contributed by atoms with Crippen molar-refractivity contribution in [3.8, 4) is 33.4 Å². The number of nitrogens with one attached hydrogen (secondary N) is 1. The average molecular weight is 628 g/mol. The van der Waals surface area contributed by atoms with Gasteiger partial charge >= 0.3 is 0 Å². The second-order valence-electron chi connectivity index (χ2n) is 13.8. The predicted octanol–water partition coefficient (Wildman–Crippen LogP) is 13.3. The fraction of sp³-hybridized carbons (Fsp3) is 0.0638. The maximum atomic E-state index is 6.52. The molecule has 2 heteroatoms. The molecule has 0 aliphatic heterocycles. The van der Waals surface area contributed by atoms with Gasteiger partial charge in [-0.3, -0.25) is 0 Å². The molecule has 1 heterocycles. The highest BCUT2D eigenvalue weighted by Gasteiger charge is 2.37. The van der Waals surface area contributed by atoms with Crippen molar-refractivity contribution in [3.63, 3.8) is 0 Å². The van der Waals surface area contributed by atoms with Crippen LogP contribution in [0.2, 0.25) is 0 Å². The number of furan rings is 1. The van der Waals surface area contributed by atoms with E-state index < -0.39 is 0 Å². The summed E-state index contributed by atoms with van der Waals surface area (Å²) in [7, 11) is 0. The SMILES string of the molecule is CC1(C)c2cc(-c3ccc(Nc4cc(-c5cccc6ccccc56)c5oc6ccccc6c5c4)cc3)ccc2-c2ccc3ccccc3c21. The number of hydrogen-bond acceptors (Lipinski definition) is 2. The van der Waals surface area contributed by atoms with E-state index in [0.29, 0.717) is 0 Å². The van der Waals surface area contributed by atoms with Gasteiger partial charge in [-0.15, -0.1) is 0 Å². The van der Waals surface area contributed by atoms with Gasteiger partial charge in [-0.1, -0.05) is 135 Å². The van der Waals surface area contributed by atoms with Gasteiger partial charge in [-0.25, -0.2) is 0 Å². The van der Waals surface area contributed by atoms with Crippen LogP contribution in [0.3, 0.4) is 0 Å². The van der Waals surface area contributed by atoms with E-state index in [4.69, 9.17) is 4.42 Å². The van der Waals surface area contributed by atoms with Crippen LogP contribution in [0.4, 0.5) is 11.4 Å². The zero-order valence-electron chi connectivity index (χ0n) is 27.4. The molecule has 10 rings (SSSR count). The third-order valence-corrected chi connectivity index (χ3v) is 10.6. The van der Waals surface area contributed by atoms with Crippen molar-refractivity contribution in [1.29, 1.82) is 0 Å². The predicted molar refractivity (Wildman–Crippen MR) is 207 cm³/mol. The van der Waals surface area contributed by atoms with E-state index >= 15 is 0 Å². The topological polar surface area (TPSA) is 25.2 Å². The molecule has 0 unspecified atom stereocenters. The molecule has 0 fully saturated rings. The van der Waals surface area contributed by atoms with E-state index in [9.17, 15) is 0 Å². The van der Waals surface area contributed by atoms with Crippen LogP contribution in [0.1, 0.15) is 25.0 Å². The highest BCUT2D eigenvalue weighted by atomic mass is 16.3. The van der Waals surface area contributed by atoms with Gasteiger partial charge in [0.2, 0.25) is 0 Å². The van der Waals surface area contributed by atoms with Crippen molar-refractivity contribution in [2.75, 3.05) is 5.32 Å². The van der Waals surface area contributed by atoms with Crippen LogP contribution in [-0.4, -0.2) is 0 Å². The number of rotatable bonds is 4. The van der Waals surface area contributed by atoms with Crippen molar-refractivity contribution < 1.29 is 4.42 Å². The highest BCUT2D eigenvalue weighted by Crippen LogP contribution is 2.52. The lowest BCUT2D eigenvalue weighted by atomic mass is 9.79. The first-order chi connectivity index (χ1) is 24.0. The Morgan fingerprint density at radius 3 is 1.96 bits per heavy atom. The first-order valence-electron chi connectivity index (χ1n) is 17.0. The van der Waals surface area contributed by atoms with Crippen molar-refractivity contribution in [2.45, 2.75) is 19.3 Å². The number of hydrogen-bond donors (Lipinski definition) is 1. The van der Waals surface area contributed by atoms with Crippen molar-refractivity contribution in [1.82, 2.24) is 0 Å². The molecule has 1 N–H and O–H groups in total. The minimum atomic E-state index is -0.0826. The lowest BCUT2D eigenvalue weighted by molar-refractivity contribution is 0.666. The van der Waals surface area contributed by atoms with Gasteiger partial charge < -0.3 is 9.73 Å². The second-order valence-corrected chi connectivity index (χ2v) is 13.8. The highest BCUT2D eigenvalue weighted by molar-refractivity contribution is 6.13. The number of para-hydroxylation sites is 1. The number of fused-ring (bicyclic) bond motifs is 9. The molecule has 0 spiro atoms. The molecule has 1 aromatic heterocycles. The van der Waals surface area contributed by atoms with Gasteiger partial charge in [0.05, 0.1) is 0 Å². The summed E-state index contributed by atoms with van der Waals surface area (Å²) in [6, 6.07) is 57.0. The zero-order valence-corrected chi connectivity index (χ0v) is 27.4. The van der Waals surface area contributed by atoms with E-state index in [0.717, 1.165) is 44.4 Å². The first-order valence-corrected chi connectivity index (χ1v) is 17.0. The van der Waals surface area contributed by atoms with Gasteiger partial charge in [-0.2, -0.15) is 0 Å². The Hall–Kier alpha value is -6.12. The Bertz CT molecular complexity index is 2760. The Morgan fingerprint density at radius 2 is 1.12 bits per heavy atom. The molecule has 0 radical (unpaired) electrons. The van der Waals surface area contributed by atoms with Gasteiger partial charge in [0.15, 0.2) is 0 Å². The summed E-state index contributed by atoms with van der Waals surface area (Å²) in [4.78, 5) is 0. The van der Waals surface area contributed by atoms with Crippen LogP contribution in [0.15, 0.2) is 162 Å². The molecule has 1 aliphatic carbocycles. The summed E-state index contributed by atoms with van der Waals surface area (Å²) in [5.41, 5.74) is 14.0. The minimum Gasteiger partial charge on any atom is -0.455 e. The lowest BCUT2D eigenvalue weighted by Gasteiger charge is -2.23. The maximum absolute atomic E-state index is 6.52. The van der Waals surface area contributed by atoms with E-state index in [1.54, 1.807) is 0 Å². The Morgan fingerprint density at radius 1 is 0.449 bits per heavy atom. The molecule has 232 valence electrons. The molecule has 0 atom stereocenters. The first kappa shape index (κ1) is 27.9. The molecular formula is C47H33NO. The normalized spacial score (nSPS) is 13.3. The van der Waals surface area contributed by atoms with Crippen LogP contribution in [0.5, 0.6) is 0 Å². The van der Waals surface area contributed by atoms with Gasteiger partial charge in [-0.05, 0) is 96.9 Å². The molecule has 0 saturated heterocycles. The number of anilines is 2. The molecular weight excluding hydrogens is 595 g/mol. The Labute approximate surface area is 285 Å². The van der Waals surface area contributed by atoms with Crippen LogP contribution in [-0.2, 0) is 5.41 Å². The van der Waals surface area contributed by atoms with Gasteiger partial charge in [0.25, 0.3) is 0 Å². The van der Waals surface area contributed by atoms with E-state index in [2.05, 4.69) is 171 Å². The fourth-order valence-electron chi connectivity index (χ4n) is 8.25. The summed E-state index contributed by atoms with van der Waals surface area (Å²) < 4.78 is 6.52. The lowest BCUT2D eigenvalue weighted by Crippen LogP contribution is -2.15. The van der Waals surface area contributed by atoms with Gasteiger partial charge in [0.1, 0.15) is 11.2 Å². The third kappa shape index (κ3) is 4.27. The Balaban J connectivity index is 1.02. The molecule has 0 bridgehead atoms. The molecule has 49 heavy (non-hydrogen) atoms. The van der Waals surface area contributed by atoms with Crippen LogP contribution in [0.25, 0.3) is 76.9 Å². The number of benzene rings is 8. The van der Waals surface area contributed by atoms with Crippen molar-refractivity contribution in [3.05, 3.63) is 169 Å². The summed E-state index contributed by atoms with van der Waals surface area (Å²) in [5, 5.41) is 11.0. The quantitative estimate of drug-likeness (QED) is 0.210. The minimum absolute atomic E-state index is 0.0826. The molecule has 9 aromatic rings. The van der Waals surface area contributed by atoms with E-state index in [1.165, 1.54) is 54.9 Å². The summed E-state index contributed by atoms with van der Waals surface area (Å²) in [6.45, 7) is 4.74. The third-order valence-electron chi connectivity index (χ3n) is 10.6. The molecule has 8 aromatic carbocycles. The molecule has 0 amide bonds. The maximum Gasteiger partial charge on any atom is 0.143 e. The van der Waals surface area contributed by atoms with Gasteiger partial charge in [0, 0.05) is 33.1 Å². The molecule has 1 aliphatic rings. The van der Waals surface area contributed by atoms with Crippen LogP contribution >= 0.6 is 0 Å². The van der Waals surface area contributed by atoms with E-state index in [-0.39, 0.29) is 5.41 Å². The summed E-state index contributed by atoms with van der Waals surface area (Å²) in [6.07, 6.45) is 0. The smallest absolute Gasteiger partial charge is 0.143 e. The summed E-state index contributed by atoms with van der Waals surface area (Å²) in [5.74, 6) is 0. The fourth-order valence-corrected chi connectivity index (χ4v) is 8.25. The van der Waals surface area contributed by atoms with Crippen molar-refractivity contribution in [2.24, 2.45) is 0 Å². The average Bonchev–Trinajstić information content (AvgIpc) is 3.63.